The van der Waals surface area contributed by atoms with Gasteiger partial charge in [-0.2, -0.15) is 0 Å². The molecule has 0 bridgehead atoms. The normalized spacial score (nSPS) is 10.9. The highest BCUT2D eigenvalue weighted by atomic mass is 79.9. The summed E-state index contributed by atoms with van der Waals surface area (Å²) in [5.74, 6) is 0.827. The van der Waals surface area contributed by atoms with Gasteiger partial charge < -0.3 is 19.5 Å². The van der Waals surface area contributed by atoms with Gasteiger partial charge in [-0.15, -0.1) is 0 Å². The van der Waals surface area contributed by atoms with Crippen LogP contribution in [0.4, 0.5) is 5.69 Å². The van der Waals surface area contributed by atoms with E-state index in [0.717, 1.165) is 8.78 Å². The SMILES string of the molecule is COc1ccc(CNC(=O)CN(c2ccc(Br)cc2)S(=O)(=O)c2ccccc2)c(OC)c1OC. The molecule has 0 atom stereocenters. The molecule has 0 spiro atoms. The number of hydrogen-bond donors (Lipinski definition) is 1. The van der Waals surface area contributed by atoms with Crippen LogP contribution in [0.3, 0.4) is 0 Å². The monoisotopic (exact) mass is 548 g/mol. The highest BCUT2D eigenvalue weighted by Crippen LogP contribution is 2.39. The quantitative estimate of drug-likeness (QED) is 0.411. The molecule has 0 heterocycles. The predicted octanol–water partition coefficient (Wildman–Crippen LogP) is 3.99. The molecule has 0 aliphatic carbocycles. The van der Waals surface area contributed by atoms with Crippen molar-refractivity contribution in [1.29, 1.82) is 0 Å². The molecular formula is C24H25BrN2O6S. The van der Waals surface area contributed by atoms with E-state index in [-0.39, 0.29) is 11.4 Å². The lowest BCUT2D eigenvalue weighted by Gasteiger charge is -2.24. The average Bonchev–Trinajstić information content (AvgIpc) is 2.86. The number of carbonyl (C=O) groups is 1. The number of ether oxygens (including phenoxy) is 3. The maximum absolute atomic E-state index is 13.4. The van der Waals surface area contributed by atoms with Crippen molar-refractivity contribution in [3.05, 3.63) is 76.8 Å². The van der Waals surface area contributed by atoms with Gasteiger partial charge in [-0.1, -0.05) is 34.1 Å². The number of methoxy groups -OCH3 is 3. The van der Waals surface area contributed by atoms with Crippen molar-refractivity contribution >= 4 is 37.5 Å². The Bertz CT molecular complexity index is 1230. The number of anilines is 1. The van der Waals surface area contributed by atoms with Crippen LogP contribution in [-0.4, -0.2) is 42.2 Å². The first kappa shape index (κ1) is 25.4. The summed E-state index contributed by atoms with van der Waals surface area (Å²) in [4.78, 5) is 13.0. The van der Waals surface area contributed by atoms with Gasteiger partial charge in [0.1, 0.15) is 6.54 Å². The zero-order valence-electron chi connectivity index (χ0n) is 18.9. The van der Waals surface area contributed by atoms with Gasteiger partial charge in [-0.05, 0) is 48.5 Å². The topological polar surface area (TPSA) is 94.2 Å². The molecule has 0 aliphatic rings. The van der Waals surface area contributed by atoms with Crippen LogP contribution in [0.15, 0.2) is 76.1 Å². The fourth-order valence-electron chi connectivity index (χ4n) is 3.32. The van der Waals surface area contributed by atoms with Crippen LogP contribution in [0.5, 0.6) is 17.2 Å². The minimum Gasteiger partial charge on any atom is -0.493 e. The van der Waals surface area contributed by atoms with E-state index < -0.39 is 22.5 Å². The molecule has 1 amide bonds. The molecule has 0 unspecified atom stereocenters. The molecule has 3 aromatic rings. The zero-order valence-corrected chi connectivity index (χ0v) is 21.4. The maximum atomic E-state index is 13.4. The summed E-state index contributed by atoms with van der Waals surface area (Å²) in [7, 11) is 0.519. The number of benzene rings is 3. The molecule has 34 heavy (non-hydrogen) atoms. The highest BCUT2D eigenvalue weighted by molar-refractivity contribution is 9.10. The van der Waals surface area contributed by atoms with Crippen LogP contribution in [0.1, 0.15) is 5.56 Å². The molecule has 0 saturated carbocycles. The molecule has 8 nitrogen and oxygen atoms in total. The summed E-state index contributed by atoms with van der Waals surface area (Å²) >= 11 is 3.35. The van der Waals surface area contributed by atoms with Crippen LogP contribution >= 0.6 is 15.9 Å². The lowest BCUT2D eigenvalue weighted by molar-refractivity contribution is -0.119. The lowest BCUT2D eigenvalue weighted by Crippen LogP contribution is -2.40. The smallest absolute Gasteiger partial charge is 0.264 e. The Morgan fingerprint density at radius 2 is 1.53 bits per heavy atom. The molecule has 3 aromatic carbocycles. The van der Waals surface area contributed by atoms with E-state index in [4.69, 9.17) is 14.2 Å². The van der Waals surface area contributed by atoms with Gasteiger partial charge in [0, 0.05) is 16.6 Å². The van der Waals surface area contributed by atoms with E-state index in [1.165, 1.54) is 33.5 Å². The first-order valence-corrected chi connectivity index (χ1v) is 12.4. The van der Waals surface area contributed by atoms with E-state index >= 15 is 0 Å². The third-order valence-electron chi connectivity index (χ3n) is 4.99. The third kappa shape index (κ3) is 5.63. The molecular weight excluding hydrogens is 524 g/mol. The van der Waals surface area contributed by atoms with Crippen molar-refractivity contribution in [2.24, 2.45) is 0 Å². The number of carbonyl (C=O) groups excluding carboxylic acids is 1. The summed E-state index contributed by atoms with van der Waals surface area (Å²) in [6, 6.07) is 18.1. The van der Waals surface area contributed by atoms with Gasteiger partial charge in [-0.3, -0.25) is 9.10 Å². The Morgan fingerprint density at radius 3 is 2.12 bits per heavy atom. The first-order valence-electron chi connectivity index (χ1n) is 10.2. The van der Waals surface area contributed by atoms with Crippen molar-refractivity contribution in [1.82, 2.24) is 5.32 Å². The Labute approximate surface area is 207 Å². The Kier molecular flexibility index (Phi) is 8.41. The van der Waals surface area contributed by atoms with Gasteiger partial charge in [-0.25, -0.2) is 8.42 Å². The Hall–Kier alpha value is -3.24. The zero-order chi connectivity index (χ0) is 24.7. The highest BCUT2D eigenvalue weighted by Gasteiger charge is 2.27. The van der Waals surface area contributed by atoms with Crippen molar-refractivity contribution in [2.75, 3.05) is 32.2 Å². The van der Waals surface area contributed by atoms with E-state index in [0.29, 0.717) is 28.5 Å². The van der Waals surface area contributed by atoms with E-state index in [2.05, 4.69) is 21.2 Å². The second-order valence-electron chi connectivity index (χ2n) is 7.07. The number of nitrogens with one attached hydrogen (secondary N) is 1. The summed E-state index contributed by atoms with van der Waals surface area (Å²) in [5.41, 5.74) is 1.01. The van der Waals surface area contributed by atoms with Gasteiger partial charge in [0.15, 0.2) is 11.5 Å². The summed E-state index contributed by atoms with van der Waals surface area (Å²) in [6.45, 7) is -0.309. The fraction of sp³-hybridized carbons (Fsp3) is 0.208. The second-order valence-corrected chi connectivity index (χ2v) is 9.85. The molecule has 0 aromatic heterocycles. The van der Waals surface area contributed by atoms with Crippen molar-refractivity contribution < 1.29 is 27.4 Å². The summed E-state index contributed by atoms with van der Waals surface area (Å²) in [5, 5.41) is 2.77. The van der Waals surface area contributed by atoms with Crippen LogP contribution in [0.25, 0.3) is 0 Å². The number of nitrogens with zero attached hydrogens (tertiary/aromatic N) is 1. The van der Waals surface area contributed by atoms with E-state index in [1.54, 1.807) is 54.6 Å². The van der Waals surface area contributed by atoms with Gasteiger partial charge >= 0.3 is 0 Å². The van der Waals surface area contributed by atoms with E-state index in [9.17, 15) is 13.2 Å². The van der Waals surface area contributed by atoms with Crippen molar-refractivity contribution in [3.63, 3.8) is 0 Å². The number of halogens is 1. The number of amides is 1. The van der Waals surface area contributed by atoms with Crippen molar-refractivity contribution in [3.8, 4) is 17.2 Å². The number of hydrogen-bond acceptors (Lipinski definition) is 6. The molecule has 1 N–H and O–H groups in total. The molecule has 180 valence electrons. The molecule has 0 saturated heterocycles. The van der Waals surface area contributed by atoms with Gasteiger partial charge in [0.05, 0.1) is 31.9 Å². The minimum atomic E-state index is -3.98. The van der Waals surface area contributed by atoms with Crippen molar-refractivity contribution in [2.45, 2.75) is 11.4 Å². The van der Waals surface area contributed by atoms with Crippen LogP contribution in [0, 0.1) is 0 Å². The Balaban J connectivity index is 1.85. The van der Waals surface area contributed by atoms with Crippen LogP contribution < -0.4 is 23.8 Å². The number of sulfonamides is 1. The molecule has 0 radical (unpaired) electrons. The predicted molar refractivity (Wildman–Crippen MR) is 133 cm³/mol. The Morgan fingerprint density at radius 1 is 0.882 bits per heavy atom. The molecule has 3 rings (SSSR count). The first-order chi connectivity index (χ1) is 16.3. The summed E-state index contributed by atoms with van der Waals surface area (Å²) < 4.78 is 44.7. The summed E-state index contributed by atoms with van der Waals surface area (Å²) in [6.07, 6.45) is 0. The maximum Gasteiger partial charge on any atom is 0.264 e. The van der Waals surface area contributed by atoms with Gasteiger partial charge in [0.2, 0.25) is 11.7 Å². The fourth-order valence-corrected chi connectivity index (χ4v) is 5.03. The molecule has 0 aliphatic heterocycles. The third-order valence-corrected chi connectivity index (χ3v) is 7.31. The second kappa shape index (κ2) is 11.3. The number of rotatable bonds is 10. The van der Waals surface area contributed by atoms with Gasteiger partial charge in [0.25, 0.3) is 10.0 Å². The van der Waals surface area contributed by atoms with Crippen LogP contribution in [0.2, 0.25) is 0 Å². The standard InChI is InChI=1S/C24H25BrN2O6S/c1-31-21-14-9-17(23(32-2)24(21)33-3)15-26-22(28)16-27(19-12-10-18(25)11-13-19)34(29,30)20-7-5-4-6-8-20/h4-14H,15-16H2,1-3H3,(H,26,28). The molecule has 0 fully saturated rings. The lowest BCUT2D eigenvalue weighted by atomic mass is 10.1. The molecule has 10 heteroatoms. The minimum absolute atomic E-state index is 0.0901. The average molecular weight is 549 g/mol. The largest absolute Gasteiger partial charge is 0.493 e. The van der Waals surface area contributed by atoms with E-state index in [1.807, 2.05) is 0 Å². The van der Waals surface area contributed by atoms with Crippen LogP contribution in [-0.2, 0) is 21.4 Å².